The highest BCUT2D eigenvalue weighted by atomic mass is 32.2. The Morgan fingerprint density at radius 1 is 1.15 bits per heavy atom. The number of hydrogen-bond donors (Lipinski definition) is 2. The SMILES string of the molecule is CCNS(=O)(=O)c1ccc(/C=C/C(=O)Nc2nc3c(s2)CN(Cc2ccccc2)CC3)cc1. The van der Waals surface area contributed by atoms with Crippen LogP contribution in [0.25, 0.3) is 6.08 Å². The average Bonchev–Trinajstić information content (AvgIpc) is 3.20. The van der Waals surface area contributed by atoms with Crippen molar-refractivity contribution < 1.29 is 13.2 Å². The molecule has 0 saturated carbocycles. The summed E-state index contributed by atoms with van der Waals surface area (Å²) < 4.78 is 26.5. The Labute approximate surface area is 198 Å². The van der Waals surface area contributed by atoms with Crippen LogP contribution in [0.4, 0.5) is 5.13 Å². The number of amides is 1. The van der Waals surface area contributed by atoms with Crippen molar-refractivity contribution in [2.75, 3.05) is 18.4 Å². The second kappa shape index (κ2) is 10.4. The summed E-state index contributed by atoms with van der Waals surface area (Å²) in [5.41, 5.74) is 3.08. The van der Waals surface area contributed by atoms with Crippen LogP contribution >= 0.6 is 11.3 Å². The Balaban J connectivity index is 1.34. The number of fused-ring (bicyclic) bond motifs is 1. The fourth-order valence-corrected chi connectivity index (χ4v) is 5.72. The lowest BCUT2D eigenvalue weighted by molar-refractivity contribution is -0.111. The first kappa shape index (κ1) is 23.3. The van der Waals surface area contributed by atoms with Gasteiger partial charge in [0.1, 0.15) is 0 Å². The number of sulfonamides is 1. The fraction of sp³-hybridized carbons (Fsp3) is 0.250. The van der Waals surface area contributed by atoms with Gasteiger partial charge in [-0.1, -0.05) is 49.4 Å². The number of rotatable bonds is 8. The lowest BCUT2D eigenvalue weighted by atomic mass is 10.1. The minimum atomic E-state index is -3.49. The molecule has 33 heavy (non-hydrogen) atoms. The third-order valence-electron chi connectivity index (χ3n) is 5.24. The number of carbonyl (C=O) groups is 1. The first-order chi connectivity index (χ1) is 15.9. The number of hydrogen-bond acceptors (Lipinski definition) is 6. The summed E-state index contributed by atoms with van der Waals surface area (Å²) in [5, 5.41) is 3.44. The molecule has 0 bridgehead atoms. The van der Waals surface area contributed by atoms with Crippen molar-refractivity contribution in [2.24, 2.45) is 0 Å². The molecular formula is C24H26N4O3S2. The molecule has 2 heterocycles. The molecule has 3 aromatic rings. The normalized spacial score (nSPS) is 14.3. The van der Waals surface area contributed by atoms with Gasteiger partial charge < -0.3 is 0 Å². The molecule has 1 amide bonds. The van der Waals surface area contributed by atoms with Gasteiger partial charge in [-0.15, -0.1) is 11.3 Å². The van der Waals surface area contributed by atoms with E-state index in [1.54, 1.807) is 25.1 Å². The molecule has 0 unspecified atom stereocenters. The van der Waals surface area contributed by atoms with Crippen LogP contribution in [-0.2, 0) is 34.3 Å². The zero-order valence-electron chi connectivity index (χ0n) is 18.3. The highest BCUT2D eigenvalue weighted by Gasteiger charge is 2.21. The maximum absolute atomic E-state index is 12.4. The van der Waals surface area contributed by atoms with Crippen LogP contribution in [0.5, 0.6) is 0 Å². The fourth-order valence-electron chi connectivity index (χ4n) is 3.63. The van der Waals surface area contributed by atoms with Crippen molar-refractivity contribution in [1.82, 2.24) is 14.6 Å². The van der Waals surface area contributed by atoms with Crippen molar-refractivity contribution in [3.05, 3.63) is 82.4 Å². The lowest BCUT2D eigenvalue weighted by Crippen LogP contribution is -2.29. The second-order valence-corrected chi connectivity index (χ2v) is 10.6. The molecule has 172 valence electrons. The molecular weight excluding hydrogens is 456 g/mol. The van der Waals surface area contributed by atoms with Crippen molar-refractivity contribution >= 4 is 38.5 Å². The van der Waals surface area contributed by atoms with Crippen LogP contribution in [0, 0.1) is 0 Å². The molecule has 0 fully saturated rings. The standard InChI is InChI=1S/C24H26N4O3S2/c1-2-25-33(30,31)20-11-8-18(9-12-20)10-13-23(29)27-24-26-21-14-15-28(17-22(21)32-24)16-19-6-4-3-5-7-19/h3-13,25H,2,14-17H2,1H3,(H,26,27,29)/b13-10+. The van der Waals surface area contributed by atoms with E-state index in [0.717, 1.165) is 37.3 Å². The molecule has 0 spiro atoms. The van der Waals surface area contributed by atoms with Crippen LogP contribution in [0.1, 0.15) is 28.6 Å². The van der Waals surface area contributed by atoms with E-state index in [1.807, 2.05) is 6.07 Å². The minimum absolute atomic E-state index is 0.195. The van der Waals surface area contributed by atoms with Gasteiger partial charge in [-0.2, -0.15) is 0 Å². The van der Waals surface area contributed by atoms with E-state index in [-0.39, 0.29) is 10.8 Å². The number of nitrogens with zero attached hydrogens (tertiary/aromatic N) is 2. The van der Waals surface area contributed by atoms with E-state index in [1.165, 1.54) is 40.0 Å². The number of aromatic nitrogens is 1. The Kier molecular flexibility index (Phi) is 7.34. The number of anilines is 1. The van der Waals surface area contributed by atoms with Crippen LogP contribution < -0.4 is 10.0 Å². The van der Waals surface area contributed by atoms with Crippen molar-refractivity contribution in [1.29, 1.82) is 0 Å². The molecule has 4 rings (SSSR count). The predicted octanol–water partition coefficient (Wildman–Crippen LogP) is 3.65. The molecule has 0 saturated heterocycles. The third kappa shape index (κ3) is 6.14. The molecule has 0 aliphatic carbocycles. The van der Waals surface area contributed by atoms with E-state index in [2.05, 4.69) is 44.2 Å². The van der Waals surface area contributed by atoms with Crippen LogP contribution in [0.15, 0.2) is 65.6 Å². The molecule has 7 nitrogen and oxygen atoms in total. The Hall–Kier alpha value is -2.85. The van der Waals surface area contributed by atoms with E-state index in [4.69, 9.17) is 0 Å². The highest BCUT2D eigenvalue weighted by molar-refractivity contribution is 7.89. The molecule has 1 aliphatic rings. The monoisotopic (exact) mass is 482 g/mol. The van der Waals surface area contributed by atoms with Crippen molar-refractivity contribution in [3.63, 3.8) is 0 Å². The average molecular weight is 483 g/mol. The third-order valence-corrected chi connectivity index (χ3v) is 7.80. The van der Waals surface area contributed by atoms with Crippen LogP contribution in [-0.4, -0.2) is 37.3 Å². The van der Waals surface area contributed by atoms with Gasteiger partial charge in [-0.05, 0) is 29.3 Å². The number of carbonyl (C=O) groups excluding carboxylic acids is 1. The number of benzene rings is 2. The molecule has 2 aromatic carbocycles. The first-order valence-corrected chi connectivity index (χ1v) is 13.1. The molecule has 1 aliphatic heterocycles. The van der Waals surface area contributed by atoms with Gasteiger partial charge in [-0.3, -0.25) is 15.0 Å². The quantitative estimate of drug-likeness (QED) is 0.478. The smallest absolute Gasteiger partial charge is 0.250 e. The maximum atomic E-state index is 12.4. The van der Waals surface area contributed by atoms with Gasteiger partial charge in [0, 0.05) is 43.6 Å². The maximum Gasteiger partial charge on any atom is 0.250 e. The van der Waals surface area contributed by atoms with Gasteiger partial charge >= 0.3 is 0 Å². The summed E-state index contributed by atoms with van der Waals surface area (Å²) in [7, 11) is -3.49. The van der Waals surface area contributed by atoms with Crippen LogP contribution in [0.2, 0.25) is 0 Å². The van der Waals surface area contributed by atoms with Gasteiger partial charge in [0.25, 0.3) is 0 Å². The molecule has 0 atom stereocenters. The van der Waals surface area contributed by atoms with Crippen LogP contribution in [0.3, 0.4) is 0 Å². The summed E-state index contributed by atoms with van der Waals surface area (Å²) in [4.78, 5) is 20.7. The van der Waals surface area contributed by atoms with E-state index in [0.29, 0.717) is 11.7 Å². The van der Waals surface area contributed by atoms with E-state index in [9.17, 15) is 13.2 Å². The Morgan fingerprint density at radius 3 is 2.64 bits per heavy atom. The summed E-state index contributed by atoms with van der Waals surface area (Å²) in [6.07, 6.45) is 3.94. The Bertz CT molecular complexity index is 1240. The highest BCUT2D eigenvalue weighted by Crippen LogP contribution is 2.29. The minimum Gasteiger partial charge on any atom is -0.298 e. The van der Waals surface area contributed by atoms with Gasteiger partial charge in [0.15, 0.2) is 5.13 Å². The zero-order valence-corrected chi connectivity index (χ0v) is 20.0. The first-order valence-electron chi connectivity index (χ1n) is 10.8. The summed E-state index contributed by atoms with van der Waals surface area (Å²) >= 11 is 1.52. The summed E-state index contributed by atoms with van der Waals surface area (Å²) in [5.74, 6) is -0.272. The number of nitrogens with one attached hydrogen (secondary N) is 2. The topological polar surface area (TPSA) is 91.4 Å². The van der Waals surface area contributed by atoms with Crippen molar-refractivity contribution in [2.45, 2.75) is 31.3 Å². The van der Waals surface area contributed by atoms with E-state index >= 15 is 0 Å². The van der Waals surface area contributed by atoms with Gasteiger partial charge in [-0.25, -0.2) is 18.1 Å². The summed E-state index contributed by atoms with van der Waals surface area (Å²) in [6.45, 7) is 4.73. The van der Waals surface area contributed by atoms with E-state index < -0.39 is 10.0 Å². The number of thiazole rings is 1. The molecule has 1 aromatic heterocycles. The Morgan fingerprint density at radius 2 is 1.91 bits per heavy atom. The molecule has 9 heteroatoms. The van der Waals surface area contributed by atoms with Crippen molar-refractivity contribution in [3.8, 4) is 0 Å². The predicted molar refractivity (Wildman–Crippen MR) is 131 cm³/mol. The largest absolute Gasteiger partial charge is 0.298 e. The molecule has 0 radical (unpaired) electrons. The van der Waals surface area contributed by atoms with Gasteiger partial charge in [0.05, 0.1) is 10.6 Å². The molecule has 2 N–H and O–H groups in total. The lowest BCUT2D eigenvalue weighted by Gasteiger charge is -2.25. The second-order valence-electron chi connectivity index (χ2n) is 7.73. The van der Waals surface area contributed by atoms with Gasteiger partial charge in [0.2, 0.25) is 15.9 Å². The zero-order chi connectivity index (χ0) is 23.3. The summed E-state index contributed by atoms with van der Waals surface area (Å²) in [6, 6.07) is 16.8.